The zero-order valence-corrected chi connectivity index (χ0v) is 13.6. The van der Waals surface area contributed by atoms with E-state index in [2.05, 4.69) is 0 Å². The van der Waals surface area contributed by atoms with Crippen molar-refractivity contribution >= 4 is 22.8 Å². The second-order valence-corrected chi connectivity index (χ2v) is 5.70. The molecule has 2 aromatic rings. The molecule has 122 valence electrons. The molecule has 1 aliphatic heterocycles. The third-order valence-electron chi connectivity index (χ3n) is 4.36. The van der Waals surface area contributed by atoms with E-state index in [4.69, 9.17) is 9.47 Å². The number of amides is 1. The summed E-state index contributed by atoms with van der Waals surface area (Å²) in [4.78, 5) is 26.3. The van der Waals surface area contributed by atoms with Gasteiger partial charge in [-0.05, 0) is 36.6 Å². The van der Waals surface area contributed by atoms with Gasteiger partial charge in [-0.15, -0.1) is 0 Å². The number of aryl methyl sites for hydroxylation is 1. The predicted octanol–water partition coefficient (Wildman–Crippen LogP) is 1.84. The minimum atomic E-state index is -0.375. The molecule has 3 rings (SSSR count). The highest BCUT2D eigenvalue weighted by molar-refractivity contribution is 6.03. The largest absolute Gasteiger partial charge is 0.497 e. The van der Waals surface area contributed by atoms with Gasteiger partial charge in [0.25, 0.3) is 5.91 Å². The second kappa shape index (κ2) is 5.95. The Balaban J connectivity index is 2.28. The molecule has 2 heterocycles. The first-order valence-electron chi connectivity index (χ1n) is 7.58. The number of rotatable bonds is 3. The summed E-state index contributed by atoms with van der Waals surface area (Å²) in [6, 6.07) is 5.66. The number of nitrogens with zero attached hydrogens (tertiary/aromatic N) is 2. The van der Waals surface area contributed by atoms with Gasteiger partial charge in [-0.1, -0.05) is 0 Å². The highest BCUT2D eigenvalue weighted by Crippen LogP contribution is 2.32. The molecule has 0 atom stereocenters. The molecule has 0 radical (unpaired) electrons. The van der Waals surface area contributed by atoms with Gasteiger partial charge in [0.05, 0.1) is 14.2 Å². The molecule has 6 nitrogen and oxygen atoms in total. The molecule has 0 saturated carbocycles. The van der Waals surface area contributed by atoms with Crippen LogP contribution in [0.3, 0.4) is 0 Å². The number of methoxy groups -OCH3 is 2. The van der Waals surface area contributed by atoms with Gasteiger partial charge in [-0.3, -0.25) is 9.59 Å². The standard InChI is InChI=1S/C17H20N2O4/c1-18-8-4-5-12-13-9-11(22-2)6-7-14(13)19(10-15(20)23-3)16(12)17(18)21/h6-7,9H,4-5,8,10H2,1-3H3. The maximum absolute atomic E-state index is 12.8. The Hall–Kier alpha value is -2.50. The lowest BCUT2D eigenvalue weighted by molar-refractivity contribution is -0.141. The van der Waals surface area contributed by atoms with Crippen molar-refractivity contribution in [1.29, 1.82) is 0 Å². The van der Waals surface area contributed by atoms with Crippen LogP contribution < -0.4 is 4.74 Å². The molecule has 0 fully saturated rings. The van der Waals surface area contributed by atoms with E-state index in [1.807, 2.05) is 18.2 Å². The Bertz CT molecular complexity index is 778. The molecule has 23 heavy (non-hydrogen) atoms. The number of esters is 1. The summed E-state index contributed by atoms with van der Waals surface area (Å²) in [6.07, 6.45) is 1.69. The van der Waals surface area contributed by atoms with Gasteiger partial charge in [-0.25, -0.2) is 0 Å². The summed E-state index contributed by atoms with van der Waals surface area (Å²) >= 11 is 0. The topological polar surface area (TPSA) is 60.8 Å². The first kappa shape index (κ1) is 15.4. The fourth-order valence-corrected chi connectivity index (χ4v) is 3.16. The minimum Gasteiger partial charge on any atom is -0.497 e. The van der Waals surface area contributed by atoms with Crippen LogP contribution in [-0.2, 0) is 22.5 Å². The number of carbonyl (C=O) groups excluding carboxylic acids is 2. The predicted molar refractivity (Wildman–Crippen MR) is 85.8 cm³/mol. The van der Waals surface area contributed by atoms with Crippen LogP contribution in [0.5, 0.6) is 5.75 Å². The van der Waals surface area contributed by atoms with Gasteiger partial charge in [0, 0.05) is 24.5 Å². The monoisotopic (exact) mass is 316 g/mol. The van der Waals surface area contributed by atoms with Crippen molar-refractivity contribution in [3.05, 3.63) is 29.5 Å². The highest BCUT2D eigenvalue weighted by Gasteiger charge is 2.28. The fourth-order valence-electron chi connectivity index (χ4n) is 3.16. The van der Waals surface area contributed by atoms with E-state index in [0.717, 1.165) is 35.1 Å². The Labute approximate surface area is 134 Å². The lowest BCUT2D eigenvalue weighted by Crippen LogP contribution is -2.29. The highest BCUT2D eigenvalue weighted by atomic mass is 16.5. The van der Waals surface area contributed by atoms with E-state index in [1.165, 1.54) is 7.11 Å². The zero-order valence-electron chi connectivity index (χ0n) is 13.6. The summed E-state index contributed by atoms with van der Waals surface area (Å²) in [7, 11) is 4.76. The van der Waals surface area contributed by atoms with Crippen molar-refractivity contribution in [2.75, 3.05) is 27.8 Å². The average molecular weight is 316 g/mol. The van der Waals surface area contributed by atoms with Crippen LogP contribution in [0.4, 0.5) is 0 Å². The van der Waals surface area contributed by atoms with E-state index in [-0.39, 0.29) is 18.4 Å². The van der Waals surface area contributed by atoms with Crippen molar-refractivity contribution < 1.29 is 19.1 Å². The molecular weight excluding hydrogens is 296 g/mol. The van der Waals surface area contributed by atoms with E-state index in [1.54, 1.807) is 23.6 Å². The summed E-state index contributed by atoms with van der Waals surface area (Å²) in [5, 5.41) is 0.965. The molecule has 0 bridgehead atoms. The molecule has 0 spiro atoms. The van der Waals surface area contributed by atoms with E-state index < -0.39 is 0 Å². The maximum atomic E-state index is 12.8. The number of hydrogen-bond donors (Lipinski definition) is 0. The van der Waals surface area contributed by atoms with E-state index >= 15 is 0 Å². The number of aromatic nitrogens is 1. The van der Waals surface area contributed by atoms with Gasteiger partial charge >= 0.3 is 5.97 Å². The first-order chi connectivity index (χ1) is 11.1. The molecule has 0 unspecified atom stereocenters. The number of carbonyl (C=O) groups is 2. The van der Waals surface area contributed by atoms with Crippen molar-refractivity contribution in [2.45, 2.75) is 19.4 Å². The summed E-state index contributed by atoms with van der Waals surface area (Å²) in [5.41, 5.74) is 2.42. The first-order valence-corrected chi connectivity index (χ1v) is 7.58. The van der Waals surface area contributed by atoms with Crippen LogP contribution >= 0.6 is 0 Å². The Morgan fingerprint density at radius 2 is 2.09 bits per heavy atom. The van der Waals surface area contributed by atoms with Gasteiger partial charge in [0.2, 0.25) is 0 Å². The minimum absolute atomic E-state index is 0.0221. The van der Waals surface area contributed by atoms with E-state index in [0.29, 0.717) is 12.2 Å². The summed E-state index contributed by atoms with van der Waals surface area (Å²) < 4.78 is 11.9. The van der Waals surface area contributed by atoms with Crippen molar-refractivity contribution in [3.8, 4) is 5.75 Å². The quantitative estimate of drug-likeness (QED) is 0.811. The molecule has 0 N–H and O–H groups in total. The SMILES string of the molecule is COC(=O)Cn1c2c(c3cc(OC)ccc31)CCCN(C)C2=O. The van der Waals surface area contributed by atoms with Crippen molar-refractivity contribution in [3.63, 3.8) is 0 Å². The number of benzene rings is 1. The number of fused-ring (bicyclic) bond motifs is 3. The van der Waals surface area contributed by atoms with Crippen LogP contribution in [0.25, 0.3) is 10.9 Å². The lowest BCUT2D eigenvalue weighted by atomic mass is 10.1. The third kappa shape index (κ3) is 2.54. The van der Waals surface area contributed by atoms with Crippen LogP contribution in [-0.4, -0.2) is 49.2 Å². The van der Waals surface area contributed by atoms with Gasteiger partial charge in [0.15, 0.2) is 0 Å². The third-order valence-corrected chi connectivity index (χ3v) is 4.36. The summed E-state index contributed by atoms with van der Waals surface area (Å²) in [6.45, 7) is 0.728. The van der Waals surface area contributed by atoms with Gasteiger partial charge < -0.3 is 18.9 Å². The number of hydrogen-bond acceptors (Lipinski definition) is 4. The normalized spacial score (nSPS) is 14.6. The molecule has 0 saturated heterocycles. The Morgan fingerprint density at radius 3 is 2.78 bits per heavy atom. The van der Waals surface area contributed by atoms with Gasteiger partial charge in [0.1, 0.15) is 18.0 Å². The van der Waals surface area contributed by atoms with E-state index in [9.17, 15) is 9.59 Å². The molecular formula is C17H20N2O4. The Kier molecular flexibility index (Phi) is 3.98. The lowest BCUT2D eigenvalue weighted by Gasteiger charge is -2.16. The smallest absolute Gasteiger partial charge is 0.325 e. The van der Waals surface area contributed by atoms with Gasteiger partial charge in [-0.2, -0.15) is 0 Å². The molecule has 1 aromatic carbocycles. The van der Waals surface area contributed by atoms with Crippen molar-refractivity contribution in [2.24, 2.45) is 0 Å². The summed E-state index contributed by atoms with van der Waals surface area (Å²) in [5.74, 6) is 0.303. The van der Waals surface area contributed by atoms with Crippen LogP contribution in [0, 0.1) is 0 Å². The average Bonchev–Trinajstić information content (AvgIpc) is 2.77. The zero-order chi connectivity index (χ0) is 16.6. The molecule has 1 aliphatic rings. The van der Waals surface area contributed by atoms with Crippen LogP contribution in [0.1, 0.15) is 22.5 Å². The Morgan fingerprint density at radius 1 is 1.30 bits per heavy atom. The van der Waals surface area contributed by atoms with Crippen LogP contribution in [0.15, 0.2) is 18.2 Å². The second-order valence-electron chi connectivity index (χ2n) is 5.70. The van der Waals surface area contributed by atoms with Crippen LogP contribution in [0.2, 0.25) is 0 Å². The molecule has 1 aromatic heterocycles. The molecule has 0 aliphatic carbocycles. The number of ether oxygens (including phenoxy) is 2. The molecule has 1 amide bonds. The fraction of sp³-hybridized carbons (Fsp3) is 0.412. The molecule has 6 heteroatoms. The maximum Gasteiger partial charge on any atom is 0.325 e. The van der Waals surface area contributed by atoms with Crippen molar-refractivity contribution in [1.82, 2.24) is 9.47 Å².